The van der Waals surface area contributed by atoms with E-state index in [1.54, 1.807) is 42.0 Å². The maximum Gasteiger partial charge on any atom is 0.280 e. The van der Waals surface area contributed by atoms with Gasteiger partial charge in [0.25, 0.3) is 5.91 Å². The standard InChI is InChI=1S/C20H18N4O4S2/c25-19(23-20-22-11-12-29-20)18(24-28-13-15-3-1-2-10-21-15)14-4-6-16(7-5-14)30(26,27)17-8-9-17/h1-7,10-12,17H,8-9,13H2,(H,22,23,25)/b24-18+. The van der Waals surface area contributed by atoms with Crippen LogP contribution in [0.2, 0.25) is 0 Å². The second-order valence-electron chi connectivity index (χ2n) is 6.59. The normalized spacial score (nSPS) is 14.3. The summed E-state index contributed by atoms with van der Waals surface area (Å²) >= 11 is 1.27. The fourth-order valence-electron chi connectivity index (χ4n) is 2.69. The molecule has 1 amide bonds. The summed E-state index contributed by atoms with van der Waals surface area (Å²) in [7, 11) is -3.31. The first-order valence-corrected chi connectivity index (χ1v) is 11.6. The molecule has 8 nitrogen and oxygen atoms in total. The van der Waals surface area contributed by atoms with E-state index < -0.39 is 15.7 Å². The molecule has 4 rings (SSSR count). The Morgan fingerprint density at radius 1 is 1.13 bits per heavy atom. The Morgan fingerprint density at radius 3 is 2.57 bits per heavy atom. The van der Waals surface area contributed by atoms with Crippen LogP contribution in [0.5, 0.6) is 0 Å². The molecule has 0 aliphatic heterocycles. The van der Waals surface area contributed by atoms with E-state index in [1.165, 1.54) is 23.5 Å². The molecule has 1 aliphatic rings. The third-order valence-electron chi connectivity index (χ3n) is 4.38. The Labute approximate surface area is 177 Å². The minimum Gasteiger partial charge on any atom is -0.389 e. The van der Waals surface area contributed by atoms with Crippen molar-refractivity contribution >= 4 is 37.9 Å². The molecule has 0 saturated heterocycles. The Kier molecular flexibility index (Phi) is 5.86. The van der Waals surface area contributed by atoms with Gasteiger partial charge in [0.15, 0.2) is 27.3 Å². The first kappa shape index (κ1) is 20.2. The van der Waals surface area contributed by atoms with Crippen molar-refractivity contribution in [2.45, 2.75) is 29.6 Å². The van der Waals surface area contributed by atoms with Gasteiger partial charge in [0.1, 0.15) is 0 Å². The molecule has 1 N–H and O–H groups in total. The van der Waals surface area contributed by atoms with Gasteiger partial charge in [0.2, 0.25) is 0 Å². The molecule has 1 fully saturated rings. The highest BCUT2D eigenvalue weighted by Gasteiger charge is 2.36. The summed E-state index contributed by atoms with van der Waals surface area (Å²) in [6, 6.07) is 11.5. The number of pyridine rings is 1. The van der Waals surface area contributed by atoms with E-state index in [1.807, 2.05) is 6.07 Å². The van der Waals surface area contributed by atoms with Crippen LogP contribution in [0.15, 0.2) is 70.3 Å². The van der Waals surface area contributed by atoms with Gasteiger partial charge in [-0.2, -0.15) is 0 Å². The quantitative estimate of drug-likeness (QED) is 0.424. The largest absolute Gasteiger partial charge is 0.389 e. The summed E-state index contributed by atoms with van der Waals surface area (Å²) in [5.74, 6) is -0.510. The zero-order valence-electron chi connectivity index (χ0n) is 15.8. The number of anilines is 1. The van der Waals surface area contributed by atoms with Crippen molar-refractivity contribution in [1.29, 1.82) is 0 Å². The van der Waals surface area contributed by atoms with E-state index in [4.69, 9.17) is 4.84 Å². The summed E-state index contributed by atoms with van der Waals surface area (Å²) < 4.78 is 24.8. The fourth-order valence-corrected chi connectivity index (χ4v) is 4.87. The highest BCUT2D eigenvalue weighted by atomic mass is 32.2. The number of hydrogen-bond donors (Lipinski definition) is 1. The Balaban J connectivity index is 1.57. The molecule has 2 aromatic heterocycles. The van der Waals surface area contributed by atoms with Gasteiger partial charge in [0, 0.05) is 23.3 Å². The number of nitrogens with one attached hydrogen (secondary N) is 1. The highest BCUT2D eigenvalue weighted by Crippen LogP contribution is 2.33. The van der Waals surface area contributed by atoms with Crippen LogP contribution in [0.25, 0.3) is 0 Å². The number of rotatable bonds is 8. The Morgan fingerprint density at radius 2 is 1.93 bits per heavy atom. The Bertz CT molecular complexity index is 1140. The van der Waals surface area contributed by atoms with Gasteiger partial charge in [-0.3, -0.25) is 15.1 Å². The SMILES string of the molecule is O=C(Nc1nccs1)/C(=N/OCc1ccccn1)c1ccc(S(=O)(=O)C2CC2)cc1. The molecule has 2 heterocycles. The number of oxime groups is 1. The molecule has 1 saturated carbocycles. The predicted molar refractivity (Wildman–Crippen MR) is 113 cm³/mol. The lowest BCUT2D eigenvalue weighted by Gasteiger charge is -2.08. The third-order valence-corrected chi connectivity index (χ3v) is 7.35. The molecule has 0 unspecified atom stereocenters. The molecule has 10 heteroatoms. The van der Waals surface area contributed by atoms with Gasteiger partial charge in [0.05, 0.1) is 15.8 Å². The van der Waals surface area contributed by atoms with Crippen LogP contribution < -0.4 is 5.32 Å². The van der Waals surface area contributed by atoms with E-state index in [0.29, 0.717) is 29.2 Å². The number of carbonyl (C=O) groups excluding carboxylic acids is 1. The van der Waals surface area contributed by atoms with E-state index in [9.17, 15) is 13.2 Å². The molecule has 154 valence electrons. The molecule has 3 aromatic rings. The van der Waals surface area contributed by atoms with Crippen LogP contribution >= 0.6 is 11.3 Å². The van der Waals surface area contributed by atoms with Gasteiger partial charge in [-0.25, -0.2) is 13.4 Å². The van der Waals surface area contributed by atoms with Gasteiger partial charge < -0.3 is 4.84 Å². The molecule has 0 spiro atoms. The summed E-state index contributed by atoms with van der Waals surface area (Å²) in [6.45, 7) is 0.0863. The molecule has 0 atom stereocenters. The topological polar surface area (TPSA) is 111 Å². The first-order valence-electron chi connectivity index (χ1n) is 9.19. The van der Waals surface area contributed by atoms with Crippen LogP contribution in [0.1, 0.15) is 24.1 Å². The van der Waals surface area contributed by atoms with E-state index in [0.717, 1.165) is 0 Å². The van der Waals surface area contributed by atoms with Gasteiger partial charge in [-0.15, -0.1) is 11.3 Å². The summed E-state index contributed by atoms with van der Waals surface area (Å²) in [5.41, 5.74) is 1.10. The van der Waals surface area contributed by atoms with E-state index >= 15 is 0 Å². The average Bonchev–Trinajstić information content (AvgIpc) is 3.51. The summed E-state index contributed by atoms with van der Waals surface area (Å²) in [4.78, 5) is 26.5. The van der Waals surface area contributed by atoms with Crippen molar-refractivity contribution in [3.05, 3.63) is 71.5 Å². The van der Waals surface area contributed by atoms with Gasteiger partial charge in [-0.1, -0.05) is 23.4 Å². The number of benzene rings is 1. The maximum absolute atomic E-state index is 12.8. The van der Waals surface area contributed by atoms with Gasteiger partial charge in [-0.05, 0) is 37.1 Å². The number of carbonyl (C=O) groups is 1. The van der Waals surface area contributed by atoms with Crippen LogP contribution in [0, 0.1) is 0 Å². The van der Waals surface area contributed by atoms with Crippen molar-refractivity contribution in [2.75, 3.05) is 5.32 Å². The van der Waals surface area contributed by atoms with Crippen molar-refractivity contribution in [1.82, 2.24) is 9.97 Å². The lowest BCUT2D eigenvalue weighted by atomic mass is 10.1. The summed E-state index contributed by atoms with van der Waals surface area (Å²) in [5, 5.41) is 8.53. The lowest BCUT2D eigenvalue weighted by Crippen LogP contribution is -2.24. The third kappa shape index (κ3) is 4.71. The molecule has 1 aromatic carbocycles. The van der Waals surface area contributed by atoms with Crippen molar-refractivity contribution in [3.63, 3.8) is 0 Å². The second-order valence-corrected chi connectivity index (χ2v) is 9.72. The predicted octanol–water partition coefficient (Wildman–Crippen LogP) is 3.03. The van der Waals surface area contributed by atoms with Crippen LogP contribution in [0.4, 0.5) is 5.13 Å². The van der Waals surface area contributed by atoms with Crippen LogP contribution in [0.3, 0.4) is 0 Å². The molecular weight excluding hydrogens is 424 g/mol. The molecular formula is C20H18N4O4S2. The number of hydrogen-bond acceptors (Lipinski definition) is 8. The average molecular weight is 443 g/mol. The molecule has 1 aliphatic carbocycles. The zero-order chi connectivity index (χ0) is 21.0. The monoisotopic (exact) mass is 442 g/mol. The number of nitrogens with zero attached hydrogens (tertiary/aromatic N) is 3. The highest BCUT2D eigenvalue weighted by molar-refractivity contribution is 7.92. The smallest absolute Gasteiger partial charge is 0.280 e. The van der Waals surface area contributed by atoms with Crippen molar-refractivity contribution in [3.8, 4) is 0 Å². The molecule has 0 bridgehead atoms. The number of aromatic nitrogens is 2. The number of sulfone groups is 1. The second kappa shape index (κ2) is 8.72. The van der Waals surface area contributed by atoms with Crippen LogP contribution in [-0.4, -0.2) is 35.3 Å². The molecule has 0 radical (unpaired) electrons. The Hall–Kier alpha value is -3.11. The van der Waals surface area contributed by atoms with Gasteiger partial charge >= 0.3 is 0 Å². The summed E-state index contributed by atoms with van der Waals surface area (Å²) in [6.07, 6.45) is 4.59. The minimum absolute atomic E-state index is 0.0106. The van der Waals surface area contributed by atoms with Crippen LogP contribution in [-0.2, 0) is 26.1 Å². The van der Waals surface area contributed by atoms with Crippen molar-refractivity contribution in [2.24, 2.45) is 5.16 Å². The first-order chi connectivity index (χ1) is 14.5. The molecule has 30 heavy (non-hydrogen) atoms. The zero-order valence-corrected chi connectivity index (χ0v) is 17.4. The maximum atomic E-state index is 12.8. The van der Waals surface area contributed by atoms with E-state index in [-0.39, 0.29) is 22.5 Å². The number of thiazole rings is 1. The number of amides is 1. The van der Waals surface area contributed by atoms with E-state index in [2.05, 4.69) is 20.4 Å². The lowest BCUT2D eigenvalue weighted by molar-refractivity contribution is -0.110. The fraction of sp³-hybridized carbons (Fsp3) is 0.200. The van der Waals surface area contributed by atoms with Crippen molar-refractivity contribution < 1.29 is 18.0 Å². The minimum atomic E-state index is -3.31.